The van der Waals surface area contributed by atoms with Crippen molar-refractivity contribution in [1.82, 2.24) is 0 Å². The van der Waals surface area contributed by atoms with Crippen molar-refractivity contribution in [2.45, 2.75) is 284 Å². The molecule has 69 heavy (non-hydrogen) atoms. The van der Waals surface area contributed by atoms with Crippen molar-refractivity contribution in [3.8, 4) is 0 Å². The smallest absolute Gasteiger partial charge is 0.306 e. The third-order valence-electron chi connectivity index (χ3n) is 12.4. The van der Waals surface area contributed by atoms with Gasteiger partial charge in [-0.25, -0.2) is 0 Å². The van der Waals surface area contributed by atoms with Gasteiger partial charge in [-0.05, 0) is 96.3 Å². The van der Waals surface area contributed by atoms with Gasteiger partial charge in [0.2, 0.25) is 0 Å². The molecule has 0 aliphatic carbocycles. The van der Waals surface area contributed by atoms with Crippen LogP contribution in [0.5, 0.6) is 0 Å². The lowest BCUT2D eigenvalue weighted by atomic mass is 10.1. The summed E-state index contributed by atoms with van der Waals surface area (Å²) in [5.41, 5.74) is 0. The zero-order valence-electron chi connectivity index (χ0n) is 45.3. The first-order valence-corrected chi connectivity index (χ1v) is 29.1. The minimum absolute atomic E-state index is 0.0794. The third-order valence-corrected chi connectivity index (χ3v) is 12.4. The number of unbranched alkanes of at least 4 members (excludes halogenated alkanes) is 27. The average molecular weight is 962 g/mol. The third kappa shape index (κ3) is 55.4. The van der Waals surface area contributed by atoms with Crippen molar-refractivity contribution < 1.29 is 28.6 Å². The lowest BCUT2D eigenvalue weighted by Gasteiger charge is -2.18. The van der Waals surface area contributed by atoms with Crippen molar-refractivity contribution in [3.63, 3.8) is 0 Å². The number of carbonyl (C=O) groups excluding carboxylic acids is 3. The fraction of sp³-hybridized carbons (Fsp3) is 0.730. The summed E-state index contributed by atoms with van der Waals surface area (Å²) >= 11 is 0. The number of hydrogen-bond acceptors (Lipinski definition) is 6. The van der Waals surface area contributed by atoms with Gasteiger partial charge in [0.05, 0.1) is 0 Å². The van der Waals surface area contributed by atoms with Gasteiger partial charge in [-0.3, -0.25) is 14.4 Å². The molecule has 0 saturated heterocycles. The molecule has 0 aliphatic heterocycles. The average Bonchev–Trinajstić information content (AvgIpc) is 3.35. The van der Waals surface area contributed by atoms with Gasteiger partial charge in [0.15, 0.2) is 6.10 Å². The van der Waals surface area contributed by atoms with E-state index in [9.17, 15) is 14.4 Å². The van der Waals surface area contributed by atoms with Crippen LogP contribution in [0.15, 0.2) is 85.1 Å². The first-order valence-electron chi connectivity index (χ1n) is 29.1. The van der Waals surface area contributed by atoms with Gasteiger partial charge in [-0.1, -0.05) is 247 Å². The van der Waals surface area contributed by atoms with Gasteiger partial charge in [0.1, 0.15) is 13.2 Å². The maximum atomic E-state index is 12.8. The maximum absolute atomic E-state index is 12.8. The maximum Gasteiger partial charge on any atom is 0.306 e. The van der Waals surface area contributed by atoms with Crippen LogP contribution < -0.4 is 0 Å². The second-order valence-corrected chi connectivity index (χ2v) is 19.2. The summed E-state index contributed by atoms with van der Waals surface area (Å²) in [6.07, 6.45) is 74.5. The predicted molar refractivity (Wildman–Crippen MR) is 297 cm³/mol. The molecule has 0 aromatic carbocycles. The van der Waals surface area contributed by atoms with Crippen molar-refractivity contribution in [2.24, 2.45) is 0 Å². The van der Waals surface area contributed by atoms with Gasteiger partial charge in [-0.15, -0.1) is 0 Å². The number of esters is 3. The molecule has 6 nitrogen and oxygen atoms in total. The van der Waals surface area contributed by atoms with E-state index in [2.05, 4.69) is 106 Å². The summed E-state index contributed by atoms with van der Waals surface area (Å²) in [6, 6.07) is 0. The second-order valence-electron chi connectivity index (χ2n) is 19.2. The van der Waals surface area contributed by atoms with Crippen molar-refractivity contribution in [3.05, 3.63) is 85.1 Å². The van der Waals surface area contributed by atoms with Crippen molar-refractivity contribution in [1.29, 1.82) is 0 Å². The number of allylic oxidation sites excluding steroid dienone is 14. The van der Waals surface area contributed by atoms with Crippen LogP contribution >= 0.6 is 0 Å². The molecule has 0 N–H and O–H groups in total. The molecule has 0 aromatic rings. The lowest BCUT2D eigenvalue weighted by Crippen LogP contribution is -2.30. The standard InChI is InChI=1S/C63H108O6/c1-4-7-10-13-16-18-20-22-24-26-27-28-29-30-31-32-33-34-35-37-38-40-42-44-47-50-53-56-62(65)68-59-60(58-67-61(64)55-52-49-46-15-12-9-6-3)69-63(66)57-54-51-48-45-43-41-39-36-25-23-21-19-17-14-11-8-5-2/h7,10,16,18,22-25,27-28,30-31,33-34,60H,4-6,8-9,11-15,17,19-21,26,29,32,35-59H2,1-3H3/b10-7-,18-16-,24-22-,25-23-,28-27-,31-30-,34-33-. The van der Waals surface area contributed by atoms with Gasteiger partial charge in [-0.2, -0.15) is 0 Å². The minimum atomic E-state index is -0.779. The Morgan fingerprint density at radius 3 is 0.899 bits per heavy atom. The first-order chi connectivity index (χ1) is 34.0. The van der Waals surface area contributed by atoms with E-state index in [0.29, 0.717) is 19.3 Å². The van der Waals surface area contributed by atoms with Crippen LogP contribution in [-0.2, 0) is 28.6 Å². The second kappa shape index (κ2) is 57.2. The zero-order valence-corrected chi connectivity index (χ0v) is 45.3. The van der Waals surface area contributed by atoms with Crippen LogP contribution in [0.1, 0.15) is 278 Å². The van der Waals surface area contributed by atoms with Crippen LogP contribution in [0.3, 0.4) is 0 Å². The van der Waals surface area contributed by atoms with Crippen LogP contribution in [0.25, 0.3) is 0 Å². The summed E-state index contributed by atoms with van der Waals surface area (Å²) in [4.78, 5) is 38.0. The Morgan fingerprint density at radius 1 is 0.304 bits per heavy atom. The number of hydrogen-bond donors (Lipinski definition) is 0. The number of rotatable bonds is 52. The van der Waals surface area contributed by atoms with Crippen LogP contribution in [-0.4, -0.2) is 37.2 Å². The van der Waals surface area contributed by atoms with E-state index in [0.717, 1.165) is 103 Å². The van der Waals surface area contributed by atoms with Gasteiger partial charge < -0.3 is 14.2 Å². The number of carbonyl (C=O) groups is 3. The summed E-state index contributed by atoms with van der Waals surface area (Å²) in [7, 11) is 0. The molecule has 0 amide bonds. The molecule has 0 aromatic heterocycles. The van der Waals surface area contributed by atoms with E-state index in [1.807, 2.05) is 0 Å². The predicted octanol–water partition coefficient (Wildman–Crippen LogP) is 19.5. The summed E-state index contributed by atoms with van der Waals surface area (Å²) in [6.45, 7) is 6.48. The van der Waals surface area contributed by atoms with Crippen molar-refractivity contribution in [2.75, 3.05) is 13.2 Å². The monoisotopic (exact) mass is 961 g/mol. The zero-order chi connectivity index (χ0) is 50.0. The Bertz CT molecular complexity index is 1330. The lowest BCUT2D eigenvalue weighted by molar-refractivity contribution is -0.167. The highest BCUT2D eigenvalue weighted by molar-refractivity contribution is 5.71. The Labute approximate surface area is 426 Å². The summed E-state index contributed by atoms with van der Waals surface area (Å²) in [5.74, 6) is -0.894. The Balaban J connectivity index is 4.19. The van der Waals surface area contributed by atoms with E-state index in [4.69, 9.17) is 14.2 Å². The molecule has 0 aliphatic rings. The molecule has 1 atom stereocenters. The molecule has 0 rings (SSSR count). The van der Waals surface area contributed by atoms with E-state index in [1.54, 1.807) is 0 Å². The van der Waals surface area contributed by atoms with Crippen LogP contribution in [0.4, 0.5) is 0 Å². The highest BCUT2D eigenvalue weighted by atomic mass is 16.6. The highest BCUT2D eigenvalue weighted by Crippen LogP contribution is 2.15. The SMILES string of the molecule is CC/C=C\C/C=C\C/C=C\C/C=C\C/C=C\C/C=C\CCCCCCCCCCC(=O)OCC(COC(=O)CCCCCCCCC)OC(=O)CCCCCCCCC/C=C\CCCCCCCC. The van der Waals surface area contributed by atoms with Gasteiger partial charge in [0.25, 0.3) is 0 Å². The minimum Gasteiger partial charge on any atom is -0.462 e. The largest absolute Gasteiger partial charge is 0.462 e. The normalized spacial score (nSPS) is 12.7. The molecule has 0 fully saturated rings. The van der Waals surface area contributed by atoms with E-state index >= 15 is 0 Å². The quantitative estimate of drug-likeness (QED) is 0.0262. The Kier molecular flexibility index (Phi) is 54.3. The topological polar surface area (TPSA) is 78.9 Å². The molecule has 0 heterocycles. The molecular formula is C63H108O6. The molecule has 0 spiro atoms. The fourth-order valence-electron chi connectivity index (χ4n) is 8.03. The van der Waals surface area contributed by atoms with Crippen LogP contribution in [0, 0.1) is 0 Å². The highest BCUT2D eigenvalue weighted by Gasteiger charge is 2.19. The van der Waals surface area contributed by atoms with E-state index in [1.165, 1.54) is 135 Å². The summed E-state index contributed by atoms with van der Waals surface area (Å²) in [5, 5.41) is 0. The fourth-order valence-corrected chi connectivity index (χ4v) is 8.03. The Morgan fingerprint density at radius 2 is 0.565 bits per heavy atom. The molecule has 0 bridgehead atoms. The molecule has 0 saturated carbocycles. The first kappa shape index (κ1) is 65.6. The van der Waals surface area contributed by atoms with E-state index in [-0.39, 0.29) is 31.1 Å². The van der Waals surface area contributed by atoms with Gasteiger partial charge in [0, 0.05) is 19.3 Å². The van der Waals surface area contributed by atoms with Gasteiger partial charge >= 0.3 is 17.9 Å². The van der Waals surface area contributed by atoms with Crippen LogP contribution in [0.2, 0.25) is 0 Å². The molecule has 0 radical (unpaired) electrons. The molecule has 1 unspecified atom stereocenters. The Hall–Kier alpha value is -3.41. The van der Waals surface area contributed by atoms with Crippen molar-refractivity contribution >= 4 is 17.9 Å². The summed E-state index contributed by atoms with van der Waals surface area (Å²) < 4.78 is 16.8. The molecule has 396 valence electrons. The molecule has 6 heteroatoms. The van der Waals surface area contributed by atoms with E-state index < -0.39 is 6.10 Å². The molecular weight excluding hydrogens is 853 g/mol. The number of ether oxygens (including phenoxy) is 3.